The molecule has 0 saturated carbocycles. The molecule has 0 aliphatic carbocycles. The average Bonchev–Trinajstić information content (AvgIpc) is 3.09. The van der Waals surface area contributed by atoms with E-state index in [2.05, 4.69) is 15.2 Å². The highest BCUT2D eigenvalue weighted by Gasteiger charge is 2.22. The van der Waals surface area contributed by atoms with Crippen LogP contribution in [-0.4, -0.2) is 32.5 Å². The summed E-state index contributed by atoms with van der Waals surface area (Å²) in [4.78, 5) is 19.0. The predicted molar refractivity (Wildman–Crippen MR) is 93.8 cm³/mol. The monoisotopic (exact) mass is 336 g/mol. The van der Waals surface area contributed by atoms with Crippen LogP contribution < -0.4 is 0 Å². The SMILES string of the molecule is CCN(C(=O)c1cccc(-c2nnc(C)o2)c1)C(C)c1cccnc1. The van der Waals surface area contributed by atoms with Crippen molar-refractivity contribution in [2.45, 2.75) is 26.8 Å². The summed E-state index contributed by atoms with van der Waals surface area (Å²) in [5.41, 5.74) is 2.32. The molecule has 6 heteroatoms. The molecule has 2 aromatic heterocycles. The fourth-order valence-electron chi connectivity index (χ4n) is 2.76. The van der Waals surface area contributed by atoms with Gasteiger partial charge in [-0.3, -0.25) is 9.78 Å². The molecule has 1 aromatic carbocycles. The Bertz CT molecular complexity index is 861. The van der Waals surface area contributed by atoms with Crippen LogP contribution >= 0.6 is 0 Å². The molecule has 25 heavy (non-hydrogen) atoms. The van der Waals surface area contributed by atoms with Crippen LogP contribution in [0.4, 0.5) is 0 Å². The molecule has 2 heterocycles. The lowest BCUT2D eigenvalue weighted by molar-refractivity contribution is 0.0702. The quantitative estimate of drug-likeness (QED) is 0.711. The fourth-order valence-corrected chi connectivity index (χ4v) is 2.76. The van der Waals surface area contributed by atoms with Crippen molar-refractivity contribution in [3.05, 3.63) is 65.8 Å². The minimum Gasteiger partial charge on any atom is -0.421 e. The topological polar surface area (TPSA) is 72.1 Å². The second kappa shape index (κ2) is 7.25. The Balaban J connectivity index is 1.88. The number of hydrogen-bond acceptors (Lipinski definition) is 5. The van der Waals surface area contributed by atoms with Gasteiger partial charge in [0.25, 0.3) is 5.91 Å². The van der Waals surface area contributed by atoms with Crippen molar-refractivity contribution < 1.29 is 9.21 Å². The molecule has 0 radical (unpaired) electrons. The van der Waals surface area contributed by atoms with Gasteiger partial charge in [0, 0.05) is 37.0 Å². The van der Waals surface area contributed by atoms with Crippen LogP contribution in [0.25, 0.3) is 11.5 Å². The molecule has 3 rings (SSSR count). The normalized spacial score (nSPS) is 12.0. The highest BCUT2D eigenvalue weighted by molar-refractivity contribution is 5.95. The summed E-state index contributed by atoms with van der Waals surface area (Å²) in [5, 5.41) is 7.85. The van der Waals surface area contributed by atoms with Crippen molar-refractivity contribution in [2.24, 2.45) is 0 Å². The van der Waals surface area contributed by atoms with Crippen LogP contribution in [0.3, 0.4) is 0 Å². The van der Waals surface area contributed by atoms with Gasteiger partial charge in [-0.2, -0.15) is 0 Å². The first-order valence-electron chi connectivity index (χ1n) is 8.21. The number of rotatable bonds is 5. The maximum atomic E-state index is 13.0. The van der Waals surface area contributed by atoms with E-state index in [1.165, 1.54) is 0 Å². The highest BCUT2D eigenvalue weighted by Crippen LogP contribution is 2.24. The van der Waals surface area contributed by atoms with Crippen molar-refractivity contribution in [3.8, 4) is 11.5 Å². The number of carbonyl (C=O) groups excluding carboxylic acids is 1. The molecular weight excluding hydrogens is 316 g/mol. The van der Waals surface area contributed by atoms with Gasteiger partial charge in [0.15, 0.2) is 0 Å². The molecule has 3 aromatic rings. The maximum Gasteiger partial charge on any atom is 0.254 e. The van der Waals surface area contributed by atoms with E-state index in [1.807, 2.05) is 43.0 Å². The Morgan fingerprint density at radius 2 is 2.08 bits per heavy atom. The Hall–Kier alpha value is -3.02. The van der Waals surface area contributed by atoms with Crippen LogP contribution in [0.1, 0.15) is 41.7 Å². The third-order valence-corrected chi connectivity index (χ3v) is 4.12. The summed E-state index contributed by atoms with van der Waals surface area (Å²) in [5.74, 6) is 0.861. The van der Waals surface area contributed by atoms with Crippen LogP contribution in [0.5, 0.6) is 0 Å². The van der Waals surface area contributed by atoms with Crippen LogP contribution in [0, 0.1) is 6.92 Å². The third-order valence-electron chi connectivity index (χ3n) is 4.12. The molecule has 128 valence electrons. The number of benzene rings is 1. The summed E-state index contributed by atoms with van der Waals surface area (Å²) in [6, 6.07) is 11.0. The molecule has 0 saturated heterocycles. The molecular formula is C19H20N4O2. The summed E-state index contributed by atoms with van der Waals surface area (Å²) in [6.07, 6.45) is 3.52. The van der Waals surface area contributed by atoms with Crippen molar-refractivity contribution in [3.63, 3.8) is 0 Å². The zero-order chi connectivity index (χ0) is 17.8. The first-order chi connectivity index (χ1) is 12.1. The number of hydrogen-bond donors (Lipinski definition) is 0. The van der Waals surface area contributed by atoms with E-state index in [1.54, 1.807) is 31.5 Å². The lowest BCUT2D eigenvalue weighted by Gasteiger charge is -2.28. The number of carbonyl (C=O) groups is 1. The van der Waals surface area contributed by atoms with Crippen LogP contribution in [0.15, 0.2) is 53.2 Å². The Morgan fingerprint density at radius 1 is 1.24 bits per heavy atom. The highest BCUT2D eigenvalue weighted by atomic mass is 16.4. The van der Waals surface area contributed by atoms with Gasteiger partial charge in [-0.15, -0.1) is 10.2 Å². The van der Waals surface area contributed by atoms with Crippen LogP contribution in [0.2, 0.25) is 0 Å². The molecule has 0 fully saturated rings. The van der Waals surface area contributed by atoms with E-state index in [-0.39, 0.29) is 11.9 Å². The maximum absolute atomic E-state index is 13.0. The van der Waals surface area contributed by atoms with Crippen molar-refractivity contribution in [1.82, 2.24) is 20.1 Å². The third kappa shape index (κ3) is 3.57. The lowest BCUT2D eigenvalue weighted by atomic mass is 10.1. The van der Waals surface area contributed by atoms with E-state index >= 15 is 0 Å². The van der Waals surface area contributed by atoms with Gasteiger partial charge in [0.1, 0.15) is 0 Å². The van der Waals surface area contributed by atoms with Gasteiger partial charge in [-0.05, 0) is 43.7 Å². The van der Waals surface area contributed by atoms with E-state index in [9.17, 15) is 4.79 Å². The average molecular weight is 336 g/mol. The van der Waals surface area contributed by atoms with E-state index in [4.69, 9.17) is 4.42 Å². The van der Waals surface area contributed by atoms with Gasteiger partial charge < -0.3 is 9.32 Å². The summed E-state index contributed by atoms with van der Waals surface area (Å²) < 4.78 is 5.45. The van der Waals surface area contributed by atoms with Gasteiger partial charge in [-0.1, -0.05) is 12.1 Å². The van der Waals surface area contributed by atoms with E-state index < -0.39 is 0 Å². The molecule has 0 spiro atoms. The summed E-state index contributed by atoms with van der Waals surface area (Å²) in [7, 11) is 0. The number of amides is 1. The van der Waals surface area contributed by atoms with E-state index in [0.717, 1.165) is 11.1 Å². The minimum absolute atomic E-state index is 0.0445. The lowest BCUT2D eigenvalue weighted by Crippen LogP contribution is -2.33. The molecule has 1 amide bonds. The molecule has 6 nitrogen and oxygen atoms in total. The zero-order valence-electron chi connectivity index (χ0n) is 14.5. The summed E-state index contributed by atoms with van der Waals surface area (Å²) in [6.45, 7) is 6.30. The Labute approximate surface area is 146 Å². The predicted octanol–water partition coefficient (Wildman–Crippen LogP) is 3.66. The molecule has 0 aliphatic rings. The fraction of sp³-hybridized carbons (Fsp3) is 0.263. The largest absolute Gasteiger partial charge is 0.421 e. The van der Waals surface area contributed by atoms with Gasteiger partial charge >= 0.3 is 0 Å². The second-order valence-corrected chi connectivity index (χ2v) is 5.76. The molecule has 0 bridgehead atoms. The summed E-state index contributed by atoms with van der Waals surface area (Å²) >= 11 is 0. The number of aromatic nitrogens is 3. The van der Waals surface area contributed by atoms with Crippen LogP contribution in [-0.2, 0) is 0 Å². The number of aryl methyl sites for hydroxylation is 1. The van der Waals surface area contributed by atoms with Crippen molar-refractivity contribution >= 4 is 5.91 Å². The Kier molecular flexibility index (Phi) is 4.88. The smallest absolute Gasteiger partial charge is 0.254 e. The van der Waals surface area contributed by atoms with Gasteiger partial charge in [0.2, 0.25) is 11.8 Å². The first kappa shape index (κ1) is 16.8. The van der Waals surface area contributed by atoms with E-state index in [0.29, 0.717) is 23.9 Å². The second-order valence-electron chi connectivity index (χ2n) is 5.76. The molecule has 1 unspecified atom stereocenters. The van der Waals surface area contributed by atoms with Gasteiger partial charge in [0.05, 0.1) is 6.04 Å². The van der Waals surface area contributed by atoms with Crippen molar-refractivity contribution in [1.29, 1.82) is 0 Å². The molecule has 1 atom stereocenters. The Morgan fingerprint density at radius 3 is 2.72 bits per heavy atom. The molecule has 0 aliphatic heterocycles. The van der Waals surface area contributed by atoms with Crippen molar-refractivity contribution in [2.75, 3.05) is 6.54 Å². The number of pyridine rings is 1. The number of nitrogens with zero attached hydrogens (tertiary/aromatic N) is 4. The first-order valence-corrected chi connectivity index (χ1v) is 8.21. The molecule has 0 N–H and O–H groups in total. The zero-order valence-corrected chi connectivity index (χ0v) is 14.5. The minimum atomic E-state index is -0.0690. The standard InChI is InChI=1S/C19H20N4O2/c1-4-23(13(2)17-9-6-10-20-12-17)19(24)16-8-5-7-15(11-16)18-22-21-14(3)25-18/h5-13H,4H2,1-3H3. The van der Waals surface area contributed by atoms with Gasteiger partial charge in [-0.25, -0.2) is 0 Å².